The van der Waals surface area contributed by atoms with Crippen molar-refractivity contribution >= 4 is 29.6 Å². The van der Waals surface area contributed by atoms with Gasteiger partial charge in [-0.2, -0.15) is 0 Å². The third-order valence-corrected chi connectivity index (χ3v) is 3.54. The summed E-state index contributed by atoms with van der Waals surface area (Å²) in [5.41, 5.74) is 0.119. The Labute approximate surface area is 120 Å². The Balaban J connectivity index is 2.15. The highest BCUT2D eigenvalue weighted by Gasteiger charge is 2.32. The van der Waals surface area contributed by atoms with Crippen LogP contribution in [-0.4, -0.2) is 34.5 Å². The molecule has 0 unspecified atom stereocenters. The van der Waals surface area contributed by atoms with E-state index in [-0.39, 0.29) is 10.6 Å². The standard InChI is InChI=1S/C14H13ClFNO3/c15-10-3-1-4-11(16)9(10)6-7-13(18)17-8-2-5-12(17)14(19)20/h1,3-4,6-7,12H,2,5,8H2,(H,19,20)/t12-/m1/s1. The molecule has 106 valence electrons. The van der Waals surface area contributed by atoms with Gasteiger partial charge in [0.2, 0.25) is 5.91 Å². The van der Waals surface area contributed by atoms with Crippen molar-refractivity contribution in [1.29, 1.82) is 0 Å². The molecule has 0 spiro atoms. The number of nitrogens with zero attached hydrogens (tertiary/aromatic N) is 1. The Hall–Kier alpha value is -1.88. The van der Waals surface area contributed by atoms with Gasteiger partial charge < -0.3 is 10.0 Å². The molecular weight excluding hydrogens is 285 g/mol. The van der Waals surface area contributed by atoms with Crippen LogP contribution in [0.15, 0.2) is 24.3 Å². The molecule has 1 aromatic carbocycles. The minimum Gasteiger partial charge on any atom is -0.480 e. The largest absolute Gasteiger partial charge is 0.480 e. The number of likely N-dealkylation sites (tertiary alicyclic amines) is 1. The molecule has 1 amide bonds. The van der Waals surface area contributed by atoms with Gasteiger partial charge in [-0.05, 0) is 31.1 Å². The summed E-state index contributed by atoms with van der Waals surface area (Å²) in [6, 6.07) is 3.43. The van der Waals surface area contributed by atoms with Crippen LogP contribution >= 0.6 is 11.6 Å². The molecule has 1 N–H and O–H groups in total. The van der Waals surface area contributed by atoms with E-state index in [1.165, 1.54) is 29.2 Å². The van der Waals surface area contributed by atoms with Crippen LogP contribution in [0.3, 0.4) is 0 Å². The van der Waals surface area contributed by atoms with E-state index in [0.29, 0.717) is 19.4 Å². The summed E-state index contributed by atoms with van der Waals surface area (Å²) < 4.78 is 13.5. The molecule has 2 rings (SSSR count). The van der Waals surface area contributed by atoms with E-state index in [9.17, 15) is 14.0 Å². The highest BCUT2D eigenvalue weighted by atomic mass is 35.5. The zero-order valence-corrected chi connectivity index (χ0v) is 11.3. The van der Waals surface area contributed by atoms with E-state index in [1.807, 2.05) is 0 Å². The first kappa shape index (κ1) is 14.5. The topological polar surface area (TPSA) is 57.6 Å². The molecule has 1 atom stereocenters. The Morgan fingerprint density at radius 2 is 2.20 bits per heavy atom. The fourth-order valence-corrected chi connectivity index (χ4v) is 2.43. The van der Waals surface area contributed by atoms with Crippen LogP contribution < -0.4 is 0 Å². The molecule has 6 heteroatoms. The van der Waals surface area contributed by atoms with Gasteiger partial charge in [0.25, 0.3) is 0 Å². The average molecular weight is 298 g/mol. The highest BCUT2D eigenvalue weighted by molar-refractivity contribution is 6.32. The first-order chi connectivity index (χ1) is 9.50. The molecular formula is C14H13ClFNO3. The first-order valence-electron chi connectivity index (χ1n) is 6.16. The van der Waals surface area contributed by atoms with Gasteiger partial charge in [-0.3, -0.25) is 4.79 Å². The van der Waals surface area contributed by atoms with E-state index in [4.69, 9.17) is 16.7 Å². The number of aliphatic carboxylic acids is 1. The van der Waals surface area contributed by atoms with Gasteiger partial charge in [-0.15, -0.1) is 0 Å². The first-order valence-corrected chi connectivity index (χ1v) is 6.54. The normalized spacial score (nSPS) is 18.7. The van der Waals surface area contributed by atoms with Crippen molar-refractivity contribution in [3.8, 4) is 0 Å². The number of hydrogen-bond acceptors (Lipinski definition) is 2. The fraction of sp³-hybridized carbons (Fsp3) is 0.286. The summed E-state index contributed by atoms with van der Waals surface area (Å²) in [6.07, 6.45) is 3.52. The third kappa shape index (κ3) is 2.99. The molecule has 1 heterocycles. The highest BCUT2D eigenvalue weighted by Crippen LogP contribution is 2.22. The lowest BCUT2D eigenvalue weighted by Crippen LogP contribution is -2.39. The molecule has 4 nitrogen and oxygen atoms in total. The Kier molecular flexibility index (Phi) is 4.39. The molecule has 1 aliphatic rings. The molecule has 0 aromatic heterocycles. The Morgan fingerprint density at radius 3 is 2.85 bits per heavy atom. The van der Waals surface area contributed by atoms with E-state index in [2.05, 4.69) is 0 Å². The van der Waals surface area contributed by atoms with Crippen molar-refractivity contribution in [3.63, 3.8) is 0 Å². The van der Waals surface area contributed by atoms with Gasteiger partial charge in [0.15, 0.2) is 0 Å². The number of halogens is 2. The molecule has 1 aliphatic heterocycles. The van der Waals surface area contributed by atoms with Crippen molar-refractivity contribution in [2.75, 3.05) is 6.54 Å². The van der Waals surface area contributed by atoms with E-state index in [1.54, 1.807) is 0 Å². The lowest BCUT2D eigenvalue weighted by molar-refractivity contribution is -0.146. The minimum atomic E-state index is -1.02. The average Bonchev–Trinajstić information content (AvgIpc) is 2.87. The molecule has 0 saturated carbocycles. The molecule has 0 bridgehead atoms. The van der Waals surface area contributed by atoms with Crippen LogP contribution in [0.2, 0.25) is 5.02 Å². The third-order valence-electron chi connectivity index (χ3n) is 3.21. The van der Waals surface area contributed by atoms with Crippen LogP contribution in [-0.2, 0) is 9.59 Å². The second-order valence-electron chi connectivity index (χ2n) is 4.50. The molecule has 1 fully saturated rings. The van der Waals surface area contributed by atoms with Crippen molar-refractivity contribution in [2.45, 2.75) is 18.9 Å². The van der Waals surface area contributed by atoms with Crippen LogP contribution in [0.4, 0.5) is 4.39 Å². The van der Waals surface area contributed by atoms with Gasteiger partial charge >= 0.3 is 5.97 Å². The number of amides is 1. The summed E-state index contributed by atoms with van der Waals surface area (Å²) in [5, 5.41) is 9.21. The Bertz CT molecular complexity index is 553. The SMILES string of the molecule is O=C(O)[C@H]1CCCN1C(=O)C=Cc1c(F)cccc1Cl. The quantitative estimate of drug-likeness (QED) is 0.872. The molecule has 20 heavy (non-hydrogen) atoms. The monoisotopic (exact) mass is 297 g/mol. The van der Waals surface area contributed by atoms with Crippen molar-refractivity contribution < 1.29 is 19.1 Å². The number of carbonyl (C=O) groups excluding carboxylic acids is 1. The summed E-state index contributed by atoms with van der Waals surface area (Å²) in [5.74, 6) is -2.00. The molecule has 0 aliphatic carbocycles. The van der Waals surface area contributed by atoms with E-state index < -0.39 is 23.7 Å². The van der Waals surface area contributed by atoms with Crippen molar-refractivity contribution in [1.82, 2.24) is 4.90 Å². The lowest BCUT2D eigenvalue weighted by atomic mass is 10.2. The van der Waals surface area contributed by atoms with Crippen molar-refractivity contribution in [2.24, 2.45) is 0 Å². The number of rotatable bonds is 3. The maximum absolute atomic E-state index is 13.5. The maximum atomic E-state index is 13.5. The summed E-state index contributed by atoms with van der Waals surface area (Å²) in [4.78, 5) is 24.2. The smallest absolute Gasteiger partial charge is 0.326 e. The second-order valence-corrected chi connectivity index (χ2v) is 4.90. The summed E-state index contributed by atoms with van der Waals surface area (Å²) >= 11 is 5.84. The second kappa shape index (κ2) is 6.05. The van der Waals surface area contributed by atoms with Gasteiger partial charge in [0.1, 0.15) is 11.9 Å². The molecule has 0 radical (unpaired) electrons. The zero-order valence-electron chi connectivity index (χ0n) is 10.6. The number of hydrogen-bond donors (Lipinski definition) is 1. The zero-order chi connectivity index (χ0) is 14.7. The van der Waals surface area contributed by atoms with Gasteiger partial charge in [0.05, 0.1) is 5.02 Å². The lowest BCUT2D eigenvalue weighted by Gasteiger charge is -2.19. The molecule has 1 saturated heterocycles. The van der Waals surface area contributed by atoms with Crippen LogP contribution in [0.1, 0.15) is 18.4 Å². The van der Waals surface area contributed by atoms with Crippen LogP contribution in [0, 0.1) is 5.82 Å². The number of carboxylic acid groups (broad SMARTS) is 1. The van der Waals surface area contributed by atoms with Gasteiger partial charge in [-0.25, -0.2) is 9.18 Å². The van der Waals surface area contributed by atoms with Crippen LogP contribution in [0.25, 0.3) is 6.08 Å². The summed E-state index contributed by atoms with van der Waals surface area (Å²) in [6.45, 7) is 0.394. The predicted molar refractivity (Wildman–Crippen MR) is 72.8 cm³/mol. The number of carboxylic acids is 1. The maximum Gasteiger partial charge on any atom is 0.326 e. The number of benzene rings is 1. The van der Waals surface area contributed by atoms with Crippen molar-refractivity contribution in [3.05, 3.63) is 40.7 Å². The van der Waals surface area contributed by atoms with E-state index in [0.717, 1.165) is 6.08 Å². The predicted octanol–water partition coefficient (Wildman–Crippen LogP) is 2.57. The fourth-order valence-electron chi connectivity index (χ4n) is 2.21. The van der Waals surface area contributed by atoms with Crippen LogP contribution in [0.5, 0.6) is 0 Å². The number of carbonyl (C=O) groups is 2. The Morgan fingerprint density at radius 1 is 1.45 bits per heavy atom. The van der Waals surface area contributed by atoms with Gasteiger partial charge in [0, 0.05) is 18.2 Å². The van der Waals surface area contributed by atoms with Gasteiger partial charge in [-0.1, -0.05) is 17.7 Å². The molecule has 1 aromatic rings. The minimum absolute atomic E-state index is 0.119. The summed E-state index contributed by atoms with van der Waals surface area (Å²) in [7, 11) is 0. The van der Waals surface area contributed by atoms with E-state index >= 15 is 0 Å².